The average molecular weight is 420 g/mol. The number of hydrogen-bond donors (Lipinski definition) is 1. The Morgan fingerprint density at radius 2 is 2.11 bits per heavy atom. The minimum Gasteiger partial charge on any atom is -0.493 e. The molecule has 1 amide bonds. The van der Waals surface area contributed by atoms with E-state index in [9.17, 15) is 4.79 Å². The molecule has 1 N–H and O–H groups in total. The number of rotatable bonds is 10. The topological polar surface area (TPSA) is 91.2 Å². The van der Waals surface area contributed by atoms with Crippen LogP contribution in [0, 0.1) is 0 Å². The van der Waals surface area contributed by atoms with Crippen LogP contribution < -0.4 is 14.8 Å². The molecule has 2 aromatic heterocycles. The molecular weight excluding hydrogens is 398 g/mol. The summed E-state index contributed by atoms with van der Waals surface area (Å²) in [4.78, 5) is 14.7. The van der Waals surface area contributed by atoms with Crippen molar-refractivity contribution in [2.75, 3.05) is 26.5 Å². The number of nitrogens with one attached hydrogen (secondary N) is 1. The molecule has 0 aliphatic rings. The number of thiophene rings is 1. The van der Waals surface area contributed by atoms with Gasteiger partial charge >= 0.3 is 0 Å². The van der Waals surface area contributed by atoms with Crippen molar-refractivity contribution in [1.82, 2.24) is 25.5 Å². The van der Waals surface area contributed by atoms with Crippen LogP contribution in [-0.4, -0.2) is 52.6 Å². The lowest BCUT2D eigenvalue weighted by molar-refractivity contribution is -0.121. The van der Waals surface area contributed by atoms with E-state index in [4.69, 9.17) is 9.47 Å². The lowest BCUT2D eigenvalue weighted by atomic mass is 10.2. The van der Waals surface area contributed by atoms with E-state index in [-0.39, 0.29) is 12.5 Å². The van der Waals surface area contributed by atoms with E-state index in [0.29, 0.717) is 23.9 Å². The van der Waals surface area contributed by atoms with Gasteiger partial charge in [-0.1, -0.05) is 6.07 Å². The van der Waals surface area contributed by atoms with E-state index in [2.05, 4.69) is 32.2 Å². The summed E-state index contributed by atoms with van der Waals surface area (Å²) in [5, 5.41) is 17.2. The van der Waals surface area contributed by atoms with E-state index >= 15 is 0 Å². The highest BCUT2D eigenvalue weighted by Gasteiger charge is 2.12. The Kier molecular flexibility index (Phi) is 7.26. The van der Waals surface area contributed by atoms with Gasteiger partial charge in [-0.2, -0.15) is 16.6 Å². The smallest absolute Gasteiger partial charge is 0.243 e. The summed E-state index contributed by atoms with van der Waals surface area (Å²) in [5.74, 6) is 3.29. The third-order valence-electron chi connectivity index (χ3n) is 3.77. The Hall–Kier alpha value is -2.59. The van der Waals surface area contributed by atoms with E-state index in [1.165, 1.54) is 9.67 Å². The molecule has 10 heteroatoms. The van der Waals surface area contributed by atoms with Crippen LogP contribution >= 0.6 is 23.1 Å². The second kappa shape index (κ2) is 10.1. The fraction of sp³-hybridized carbons (Fsp3) is 0.333. The van der Waals surface area contributed by atoms with Crippen LogP contribution in [-0.2, 0) is 17.1 Å². The molecule has 3 rings (SSSR count). The normalized spacial score (nSPS) is 10.6. The molecule has 0 radical (unpaired) electrons. The number of nitrogens with zero attached hydrogens (tertiary/aromatic N) is 4. The highest BCUT2D eigenvalue weighted by Crippen LogP contribution is 2.30. The number of thioether (sulfide) groups is 1. The molecule has 1 aromatic carbocycles. The predicted octanol–water partition coefficient (Wildman–Crippen LogP) is 2.47. The molecule has 0 spiro atoms. The van der Waals surface area contributed by atoms with Gasteiger partial charge in [-0.3, -0.25) is 4.79 Å². The summed E-state index contributed by atoms with van der Waals surface area (Å²) in [6.07, 6.45) is 0. The maximum absolute atomic E-state index is 12.1. The molecule has 0 saturated heterocycles. The average Bonchev–Trinajstić information content (AvgIpc) is 3.39. The Balaban J connectivity index is 1.46. The maximum atomic E-state index is 12.1. The van der Waals surface area contributed by atoms with Crippen LogP contribution in [0.25, 0.3) is 11.4 Å². The first kappa shape index (κ1) is 20.2. The fourth-order valence-electron chi connectivity index (χ4n) is 2.42. The first-order valence-corrected chi connectivity index (χ1v) is 10.6. The molecule has 8 nitrogen and oxygen atoms in total. The molecule has 0 fully saturated rings. The zero-order chi connectivity index (χ0) is 19.8. The van der Waals surface area contributed by atoms with Gasteiger partial charge in [-0.25, -0.2) is 0 Å². The van der Waals surface area contributed by atoms with Gasteiger partial charge in [0.2, 0.25) is 11.7 Å². The number of benzene rings is 1. The minimum absolute atomic E-state index is 0.0237. The molecular formula is C18H21N5O3S2. The third-order valence-corrected chi connectivity index (χ3v) is 5.84. The van der Waals surface area contributed by atoms with Crippen LogP contribution in [0.2, 0.25) is 0 Å². The largest absolute Gasteiger partial charge is 0.493 e. The number of carbonyl (C=O) groups is 1. The molecule has 0 bridgehead atoms. The van der Waals surface area contributed by atoms with E-state index in [0.717, 1.165) is 17.1 Å². The minimum atomic E-state index is -0.145. The molecule has 0 aliphatic heterocycles. The lowest BCUT2D eigenvalue weighted by Gasteiger charge is -2.07. The number of methoxy groups -OCH3 is 2. The molecule has 148 valence electrons. The first-order chi connectivity index (χ1) is 13.7. The van der Waals surface area contributed by atoms with Crippen molar-refractivity contribution in [2.24, 2.45) is 0 Å². The summed E-state index contributed by atoms with van der Waals surface area (Å²) in [5.41, 5.74) is 0.731. The monoisotopic (exact) mass is 419 g/mol. The molecule has 0 unspecified atom stereocenters. The second-order valence-electron chi connectivity index (χ2n) is 5.70. The Bertz CT molecular complexity index is 899. The SMILES string of the molecule is COc1ccc(-c2nnn(CC(=O)NCCSCc3cccs3)n2)cc1OC. The number of carbonyl (C=O) groups excluding carboxylic acids is 1. The number of aromatic nitrogens is 4. The van der Waals surface area contributed by atoms with E-state index < -0.39 is 0 Å². The predicted molar refractivity (Wildman–Crippen MR) is 110 cm³/mol. The number of ether oxygens (including phenoxy) is 2. The molecule has 0 aliphatic carbocycles. The Morgan fingerprint density at radius 3 is 2.86 bits per heavy atom. The molecule has 0 atom stereocenters. The van der Waals surface area contributed by atoms with Gasteiger partial charge in [0.25, 0.3) is 0 Å². The zero-order valence-corrected chi connectivity index (χ0v) is 17.3. The van der Waals surface area contributed by atoms with Crippen molar-refractivity contribution >= 4 is 29.0 Å². The maximum Gasteiger partial charge on any atom is 0.243 e. The van der Waals surface area contributed by atoms with Crippen molar-refractivity contribution in [1.29, 1.82) is 0 Å². The third kappa shape index (κ3) is 5.46. The number of hydrogen-bond acceptors (Lipinski definition) is 8. The van der Waals surface area contributed by atoms with Crippen LogP contribution in [0.4, 0.5) is 0 Å². The summed E-state index contributed by atoms with van der Waals surface area (Å²) in [7, 11) is 3.14. The van der Waals surface area contributed by atoms with Gasteiger partial charge in [0, 0.05) is 28.5 Å². The van der Waals surface area contributed by atoms with Gasteiger partial charge < -0.3 is 14.8 Å². The molecule has 3 aromatic rings. The summed E-state index contributed by atoms with van der Waals surface area (Å²) < 4.78 is 10.5. The van der Waals surface area contributed by atoms with Crippen LogP contribution in [0.3, 0.4) is 0 Å². The standard InChI is InChI=1S/C18H21N5O3S2/c1-25-15-6-5-13(10-16(15)26-2)18-20-22-23(21-18)11-17(24)19-7-9-27-12-14-4-3-8-28-14/h3-6,8,10H,7,9,11-12H2,1-2H3,(H,19,24). The summed E-state index contributed by atoms with van der Waals surface area (Å²) in [6, 6.07) is 9.51. The highest BCUT2D eigenvalue weighted by molar-refractivity contribution is 7.98. The van der Waals surface area contributed by atoms with Gasteiger partial charge in [-0.15, -0.1) is 21.5 Å². The first-order valence-electron chi connectivity index (χ1n) is 8.56. The fourth-order valence-corrected chi connectivity index (χ4v) is 4.11. The zero-order valence-electron chi connectivity index (χ0n) is 15.6. The number of tetrazole rings is 1. The van der Waals surface area contributed by atoms with E-state index in [1.807, 2.05) is 12.1 Å². The summed E-state index contributed by atoms with van der Waals surface area (Å²) in [6.45, 7) is 0.627. The van der Waals surface area contributed by atoms with E-state index in [1.54, 1.807) is 49.5 Å². The van der Waals surface area contributed by atoms with Crippen LogP contribution in [0.15, 0.2) is 35.7 Å². The van der Waals surface area contributed by atoms with Crippen molar-refractivity contribution in [2.45, 2.75) is 12.3 Å². The molecule has 0 saturated carbocycles. The highest BCUT2D eigenvalue weighted by atomic mass is 32.2. The van der Waals surface area contributed by atoms with Crippen molar-refractivity contribution in [3.8, 4) is 22.9 Å². The van der Waals surface area contributed by atoms with Crippen LogP contribution in [0.5, 0.6) is 11.5 Å². The van der Waals surface area contributed by atoms with Gasteiger partial charge in [0.15, 0.2) is 11.5 Å². The van der Waals surface area contributed by atoms with Gasteiger partial charge in [0.05, 0.1) is 14.2 Å². The molecule has 2 heterocycles. The van der Waals surface area contributed by atoms with Crippen molar-refractivity contribution in [3.63, 3.8) is 0 Å². The lowest BCUT2D eigenvalue weighted by Crippen LogP contribution is -2.30. The second-order valence-corrected chi connectivity index (χ2v) is 7.83. The van der Waals surface area contributed by atoms with Gasteiger partial charge in [0.1, 0.15) is 6.54 Å². The van der Waals surface area contributed by atoms with Crippen molar-refractivity contribution in [3.05, 3.63) is 40.6 Å². The quantitative estimate of drug-likeness (QED) is 0.505. The van der Waals surface area contributed by atoms with Crippen molar-refractivity contribution < 1.29 is 14.3 Å². The molecule has 28 heavy (non-hydrogen) atoms. The van der Waals surface area contributed by atoms with Gasteiger partial charge in [-0.05, 0) is 34.9 Å². The van der Waals surface area contributed by atoms with Crippen LogP contribution in [0.1, 0.15) is 4.88 Å². The summed E-state index contributed by atoms with van der Waals surface area (Å²) >= 11 is 3.53. The Morgan fingerprint density at radius 1 is 1.25 bits per heavy atom. The number of amides is 1. The Labute approximate surface area is 171 Å².